The Labute approximate surface area is 313 Å². The van der Waals surface area contributed by atoms with Crippen LogP contribution in [0.1, 0.15) is 26.3 Å². The van der Waals surface area contributed by atoms with Gasteiger partial charge >= 0.3 is 0 Å². The summed E-state index contributed by atoms with van der Waals surface area (Å²) in [5.41, 5.74) is 9.42. The molecule has 0 bridgehead atoms. The minimum absolute atomic E-state index is 0. The standard InChI is InChI=1S/C25H15N2.C15H16N.B.Ir.Y/c1-3-10-19(11-4-1)20-12-9-13-21(18-20)25-26-23-16-7-8-17-24(23)27(25)22-14-5-2-6-15-22;1-15(2,3)13-9-10-16-14(11-13)12-7-5-4-6-8-12;;;/h1-10,12,14-17H;4-7,9-11H,1-3H3;;;/q-3;-1;;;. The summed E-state index contributed by atoms with van der Waals surface area (Å²) < 4.78 is 2.16. The maximum absolute atomic E-state index is 4.88. The van der Waals surface area contributed by atoms with Crippen LogP contribution < -0.4 is 0 Å². The molecule has 5 radical (unpaired) electrons. The molecule has 3 nitrogen and oxygen atoms in total. The normalized spacial score (nSPS) is 10.4. The van der Waals surface area contributed by atoms with Gasteiger partial charge in [-0.05, 0) is 52.8 Å². The van der Waals surface area contributed by atoms with E-state index in [1.165, 1.54) is 5.56 Å². The first-order chi connectivity index (χ1) is 21.0. The molecule has 0 atom stereocenters. The van der Waals surface area contributed by atoms with E-state index in [0.29, 0.717) is 0 Å². The first-order valence-electron chi connectivity index (χ1n) is 14.4. The van der Waals surface area contributed by atoms with Crippen molar-refractivity contribution in [3.05, 3.63) is 163 Å². The van der Waals surface area contributed by atoms with Gasteiger partial charge in [0, 0.05) is 73.1 Å². The molecule has 0 N–H and O–H groups in total. The van der Waals surface area contributed by atoms with Gasteiger partial charge in [0.25, 0.3) is 0 Å². The molecule has 46 heavy (non-hydrogen) atoms. The van der Waals surface area contributed by atoms with Crippen LogP contribution >= 0.6 is 0 Å². The largest absolute Gasteiger partial charge is 0.374 e. The van der Waals surface area contributed by atoms with Crippen LogP contribution in [0.5, 0.6) is 0 Å². The number of nitrogens with zero attached hydrogens (tertiary/aromatic N) is 3. The monoisotopic (exact) mass is 846 g/mol. The van der Waals surface area contributed by atoms with E-state index in [0.717, 1.165) is 50.5 Å². The van der Waals surface area contributed by atoms with Crippen molar-refractivity contribution < 1.29 is 52.8 Å². The molecule has 0 saturated heterocycles. The number of pyridine rings is 1. The van der Waals surface area contributed by atoms with Gasteiger partial charge in [-0.1, -0.05) is 57.2 Å². The Kier molecular flexibility index (Phi) is 13.6. The third kappa shape index (κ3) is 8.66. The quantitative estimate of drug-likeness (QED) is 0.131. The molecule has 6 heteroatoms. The van der Waals surface area contributed by atoms with Crippen molar-refractivity contribution in [2.75, 3.05) is 0 Å². The van der Waals surface area contributed by atoms with Crippen molar-refractivity contribution in [1.82, 2.24) is 14.5 Å². The van der Waals surface area contributed by atoms with Crippen molar-refractivity contribution in [3.8, 4) is 39.5 Å². The van der Waals surface area contributed by atoms with E-state index < -0.39 is 0 Å². The summed E-state index contributed by atoms with van der Waals surface area (Å²) in [4.78, 5) is 9.28. The Morgan fingerprint density at radius 1 is 0.652 bits per heavy atom. The van der Waals surface area contributed by atoms with Crippen LogP contribution in [0, 0.1) is 24.3 Å². The summed E-state index contributed by atoms with van der Waals surface area (Å²) in [7, 11) is 0. The van der Waals surface area contributed by atoms with Crippen molar-refractivity contribution >= 4 is 19.4 Å². The maximum Gasteiger partial charge on any atom is 0.0668 e. The fourth-order valence-corrected chi connectivity index (χ4v) is 4.89. The fraction of sp³-hybridized carbons (Fsp3) is 0.100. The smallest absolute Gasteiger partial charge is 0.0668 e. The summed E-state index contributed by atoms with van der Waals surface area (Å²) in [6.45, 7) is 6.63. The number of aromatic nitrogens is 3. The average Bonchev–Trinajstić information content (AvgIpc) is 3.46. The van der Waals surface area contributed by atoms with Crippen LogP contribution in [-0.2, 0) is 58.2 Å². The van der Waals surface area contributed by atoms with E-state index in [4.69, 9.17) is 4.98 Å². The van der Waals surface area contributed by atoms with Crippen molar-refractivity contribution in [3.63, 3.8) is 0 Å². The van der Waals surface area contributed by atoms with Gasteiger partial charge in [0.2, 0.25) is 0 Å². The second kappa shape index (κ2) is 16.9. The molecule has 7 aromatic rings. The molecular formula is C40H31BIrN3Y-4. The van der Waals surface area contributed by atoms with Crippen LogP contribution in [0.25, 0.3) is 50.5 Å². The molecule has 0 amide bonds. The third-order valence-corrected chi connectivity index (χ3v) is 7.15. The van der Waals surface area contributed by atoms with Gasteiger partial charge in [-0.2, -0.15) is 5.56 Å². The Balaban J connectivity index is 0.000000264. The zero-order valence-electron chi connectivity index (χ0n) is 26.0. The van der Waals surface area contributed by atoms with Crippen molar-refractivity contribution in [2.45, 2.75) is 26.2 Å². The second-order valence-electron chi connectivity index (χ2n) is 11.2. The molecule has 0 aliphatic rings. The number of hydrogen-bond donors (Lipinski definition) is 0. The van der Waals surface area contributed by atoms with Gasteiger partial charge in [0.15, 0.2) is 0 Å². The van der Waals surface area contributed by atoms with Crippen molar-refractivity contribution in [1.29, 1.82) is 0 Å². The number of hydrogen-bond acceptors (Lipinski definition) is 2. The summed E-state index contributed by atoms with van der Waals surface area (Å²) in [6.07, 6.45) is 1.87. The van der Waals surface area contributed by atoms with Gasteiger partial charge in [-0.25, -0.2) is 6.07 Å². The molecule has 5 aromatic carbocycles. The van der Waals surface area contributed by atoms with E-state index >= 15 is 0 Å². The predicted octanol–water partition coefficient (Wildman–Crippen LogP) is 9.22. The first-order valence-corrected chi connectivity index (χ1v) is 14.4. The third-order valence-electron chi connectivity index (χ3n) is 7.15. The Morgan fingerprint density at radius 2 is 1.30 bits per heavy atom. The Morgan fingerprint density at radius 3 is 1.98 bits per heavy atom. The molecule has 2 aromatic heterocycles. The number of imidazole rings is 1. The predicted molar refractivity (Wildman–Crippen MR) is 181 cm³/mol. The topological polar surface area (TPSA) is 30.7 Å². The van der Waals surface area contributed by atoms with E-state index in [2.05, 4.69) is 84.9 Å². The number of fused-ring (bicyclic) bond motifs is 1. The van der Waals surface area contributed by atoms with Gasteiger partial charge < -0.3 is 20.6 Å². The average molecular weight is 846 g/mol. The number of benzene rings is 5. The van der Waals surface area contributed by atoms with E-state index in [1.807, 2.05) is 103 Å². The molecule has 0 aliphatic heterocycles. The van der Waals surface area contributed by atoms with Crippen LogP contribution in [0.4, 0.5) is 0 Å². The summed E-state index contributed by atoms with van der Waals surface area (Å²) in [5.74, 6) is 0.834. The summed E-state index contributed by atoms with van der Waals surface area (Å²) >= 11 is 0. The zero-order valence-corrected chi connectivity index (χ0v) is 31.3. The zero-order chi connectivity index (χ0) is 29.6. The molecule has 2 heterocycles. The minimum Gasteiger partial charge on any atom is -0.374 e. The van der Waals surface area contributed by atoms with Gasteiger partial charge in [0.1, 0.15) is 0 Å². The van der Waals surface area contributed by atoms with Crippen LogP contribution in [0.15, 0.2) is 134 Å². The minimum atomic E-state index is 0. The van der Waals surface area contributed by atoms with Gasteiger partial charge in [-0.3, -0.25) is 23.3 Å². The number of para-hydroxylation sites is 3. The maximum atomic E-state index is 4.88. The SMILES string of the molecule is CC(C)(C)c1ccnc(-c2[c-]cccc2)c1.[B].[Ir].[Y].[c-]1ccc(-c2[c-]cccc2)[c-]c1-c1nc2ccccc2n1-c1ccccc1. The fourth-order valence-electron chi connectivity index (χ4n) is 4.89. The van der Waals surface area contributed by atoms with Crippen LogP contribution in [0.3, 0.4) is 0 Å². The van der Waals surface area contributed by atoms with Crippen LogP contribution in [0.2, 0.25) is 0 Å². The molecule has 0 aliphatic carbocycles. The molecule has 0 fully saturated rings. The molecule has 0 unspecified atom stereocenters. The van der Waals surface area contributed by atoms with E-state index in [9.17, 15) is 0 Å². The summed E-state index contributed by atoms with van der Waals surface area (Å²) in [6, 6.07) is 55.7. The number of rotatable bonds is 4. The van der Waals surface area contributed by atoms with Crippen molar-refractivity contribution in [2.24, 2.45) is 0 Å². The molecular weight excluding hydrogens is 814 g/mol. The van der Waals surface area contributed by atoms with Gasteiger partial charge in [0.05, 0.1) is 11.0 Å². The second-order valence-corrected chi connectivity index (χ2v) is 11.2. The molecule has 225 valence electrons. The molecule has 0 spiro atoms. The van der Waals surface area contributed by atoms with E-state index in [-0.39, 0.29) is 66.6 Å². The first kappa shape index (κ1) is 37.0. The Bertz CT molecular complexity index is 1950. The van der Waals surface area contributed by atoms with Gasteiger partial charge in [-0.15, -0.1) is 66.2 Å². The van der Waals surface area contributed by atoms with Crippen LogP contribution in [-0.4, -0.2) is 22.9 Å². The Hall–Kier alpha value is -3.46. The summed E-state index contributed by atoms with van der Waals surface area (Å²) in [5, 5.41) is 0. The van der Waals surface area contributed by atoms with E-state index in [1.54, 1.807) is 0 Å². The molecule has 0 saturated carbocycles. The molecule has 7 rings (SSSR count).